The van der Waals surface area contributed by atoms with Crippen LogP contribution in [0, 0.1) is 6.92 Å². The molecule has 0 bridgehead atoms. The van der Waals surface area contributed by atoms with Crippen molar-refractivity contribution in [2.75, 3.05) is 7.11 Å². The fourth-order valence-corrected chi connectivity index (χ4v) is 2.49. The van der Waals surface area contributed by atoms with Gasteiger partial charge in [-0.05, 0) is 31.4 Å². The molecule has 0 radical (unpaired) electrons. The molecular weight excluding hydrogens is 264 g/mol. The number of carbonyl (C=O) groups is 1. The first-order chi connectivity index (χ1) is 10.1. The second-order valence-corrected chi connectivity index (χ2v) is 5.16. The molecule has 21 heavy (non-hydrogen) atoms. The van der Waals surface area contributed by atoms with Crippen molar-refractivity contribution < 1.29 is 14.6 Å². The second-order valence-electron chi connectivity index (χ2n) is 5.16. The summed E-state index contributed by atoms with van der Waals surface area (Å²) in [6, 6.07) is 15.6. The van der Waals surface area contributed by atoms with Crippen LogP contribution < -0.4 is 4.74 Å². The lowest BCUT2D eigenvalue weighted by Crippen LogP contribution is -2.14. The predicted molar refractivity (Wildman–Crippen MR) is 82.9 cm³/mol. The molecule has 0 heterocycles. The van der Waals surface area contributed by atoms with Crippen LogP contribution in [0.4, 0.5) is 0 Å². The van der Waals surface area contributed by atoms with Gasteiger partial charge in [0, 0.05) is 5.56 Å². The number of hydrogen-bond donors (Lipinski definition) is 1. The Bertz CT molecular complexity index is 605. The van der Waals surface area contributed by atoms with Gasteiger partial charge in [0.1, 0.15) is 5.75 Å². The highest BCUT2D eigenvalue weighted by Gasteiger charge is 2.23. The highest BCUT2D eigenvalue weighted by molar-refractivity contribution is 5.77. The van der Waals surface area contributed by atoms with E-state index in [2.05, 4.69) is 0 Å². The van der Waals surface area contributed by atoms with Gasteiger partial charge >= 0.3 is 5.97 Å². The predicted octanol–water partition coefficient (Wildman–Crippen LogP) is 3.80. The van der Waals surface area contributed by atoms with Gasteiger partial charge in [-0.2, -0.15) is 0 Å². The third-order valence-electron chi connectivity index (χ3n) is 3.62. The van der Waals surface area contributed by atoms with Gasteiger partial charge in [0.25, 0.3) is 0 Å². The van der Waals surface area contributed by atoms with E-state index in [9.17, 15) is 9.90 Å². The first-order valence-electron chi connectivity index (χ1n) is 7.03. The van der Waals surface area contributed by atoms with Crippen LogP contribution in [0.1, 0.15) is 29.0 Å². The van der Waals surface area contributed by atoms with Crippen LogP contribution in [-0.4, -0.2) is 18.2 Å². The van der Waals surface area contributed by atoms with E-state index < -0.39 is 11.9 Å². The molecule has 3 nitrogen and oxygen atoms in total. The van der Waals surface area contributed by atoms with Gasteiger partial charge in [-0.3, -0.25) is 4.79 Å². The van der Waals surface area contributed by atoms with Crippen LogP contribution in [-0.2, 0) is 11.2 Å². The van der Waals surface area contributed by atoms with Crippen LogP contribution in [0.5, 0.6) is 5.75 Å². The van der Waals surface area contributed by atoms with E-state index in [0.29, 0.717) is 12.2 Å². The van der Waals surface area contributed by atoms with Crippen molar-refractivity contribution in [3.05, 3.63) is 65.2 Å². The molecule has 0 aliphatic rings. The van der Waals surface area contributed by atoms with Gasteiger partial charge in [-0.1, -0.05) is 48.0 Å². The van der Waals surface area contributed by atoms with Crippen LogP contribution >= 0.6 is 0 Å². The minimum Gasteiger partial charge on any atom is -0.496 e. The summed E-state index contributed by atoms with van der Waals surface area (Å²) in [7, 11) is 1.57. The zero-order chi connectivity index (χ0) is 15.2. The molecule has 1 N–H and O–H groups in total. The average Bonchev–Trinajstić information content (AvgIpc) is 2.48. The zero-order valence-corrected chi connectivity index (χ0v) is 12.4. The van der Waals surface area contributed by atoms with Crippen molar-refractivity contribution >= 4 is 5.97 Å². The Morgan fingerprint density at radius 1 is 1.19 bits per heavy atom. The molecule has 2 rings (SSSR count). The monoisotopic (exact) mass is 284 g/mol. The van der Waals surface area contributed by atoms with Crippen molar-refractivity contribution in [1.29, 1.82) is 0 Å². The van der Waals surface area contributed by atoms with Gasteiger partial charge < -0.3 is 9.84 Å². The number of rotatable bonds is 6. The third-order valence-corrected chi connectivity index (χ3v) is 3.62. The molecule has 0 aliphatic carbocycles. The van der Waals surface area contributed by atoms with E-state index in [1.807, 2.05) is 55.5 Å². The summed E-state index contributed by atoms with van der Waals surface area (Å²) >= 11 is 0. The molecular formula is C18H20O3. The van der Waals surface area contributed by atoms with Crippen molar-refractivity contribution in [2.24, 2.45) is 0 Å². The number of methoxy groups -OCH3 is 1. The molecule has 0 saturated carbocycles. The fraction of sp³-hybridized carbons (Fsp3) is 0.278. The summed E-state index contributed by atoms with van der Waals surface area (Å²) in [5, 5.41) is 9.56. The van der Waals surface area contributed by atoms with Crippen molar-refractivity contribution in [1.82, 2.24) is 0 Å². The Morgan fingerprint density at radius 3 is 2.52 bits per heavy atom. The maximum atomic E-state index is 11.6. The van der Waals surface area contributed by atoms with Crippen molar-refractivity contribution in [3.63, 3.8) is 0 Å². The SMILES string of the molecule is COc1ccc(C)cc1C(CCc1ccccc1)C(=O)O. The Morgan fingerprint density at radius 2 is 1.90 bits per heavy atom. The second kappa shape index (κ2) is 6.93. The van der Waals surface area contributed by atoms with Crippen molar-refractivity contribution in [2.45, 2.75) is 25.7 Å². The summed E-state index contributed by atoms with van der Waals surface area (Å²) in [6.07, 6.45) is 1.29. The molecule has 0 aliphatic heterocycles. The highest BCUT2D eigenvalue weighted by Crippen LogP contribution is 2.31. The molecule has 0 fully saturated rings. The minimum absolute atomic E-state index is 0.555. The first kappa shape index (κ1) is 15.1. The molecule has 1 unspecified atom stereocenters. The standard InChI is InChI=1S/C18H20O3/c1-13-8-11-17(21-2)16(12-13)15(18(19)20)10-9-14-6-4-3-5-7-14/h3-8,11-12,15H,9-10H2,1-2H3,(H,19,20). The van der Waals surface area contributed by atoms with Crippen LogP contribution in [0.15, 0.2) is 48.5 Å². The lowest BCUT2D eigenvalue weighted by molar-refractivity contribution is -0.139. The Balaban J connectivity index is 2.23. The van der Waals surface area contributed by atoms with Gasteiger partial charge in [-0.15, -0.1) is 0 Å². The van der Waals surface area contributed by atoms with Crippen LogP contribution in [0.25, 0.3) is 0 Å². The van der Waals surface area contributed by atoms with Gasteiger partial charge in [0.2, 0.25) is 0 Å². The molecule has 0 amide bonds. The molecule has 0 aromatic heterocycles. The van der Waals surface area contributed by atoms with E-state index in [1.54, 1.807) is 7.11 Å². The number of ether oxygens (including phenoxy) is 1. The number of aryl methyl sites for hydroxylation is 2. The largest absolute Gasteiger partial charge is 0.496 e. The topological polar surface area (TPSA) is 46.5 Å². The maximum absolute atomic E-state index is 11.6. The van der Waals surface area contributed by atoms with Crippen LogP contribution in [0.2, 0.25) is 0 Å². The summed E-state index contributed by atoms with van der Waals surface area (Å²) in [6.45, 7) is 1.96. The summed E-state index contributed by atoms with van der Waals surface area (Å²) in [5.74, 6) is -0.726. The fourth-order valence-electron chi connectivity index (χ4n) is 2.49. The van der Waals surface area contributed by atoms with Gasteiger partial charge in [0.15, 0.2) is 0 Å². The number of aliphatic carboxylic acids is 1. The Kier molecular flexibility index (Phi) is 4.99. The van der Waals surface area contributed by atoms with Crippen LogP contribution in [0.3, 0.4) is 0 Å². The normalized spacial score (nSPS) is 11.9. The summed E-state index contributed by atoms with van der Waals surface area (Å²) in [4.78, 5) is 11.6. The summed E-state index contributed by atoms with van der Waals surface area (Å²) in [5.41, 5.74) is 2.94. The van der Waals surface area contributed by atoms with Gasteiger partial charge in [0.05, 0.1) is 13.0 Å². The lowest BCUT2D eigenvalue weighted by atomic mass is 9.90. The molecule has 3 heteroatoms. The molecule has 1 atom stereocenters. The molecule has 0 spiro atoms. The van der Waals surface area contributed by atoms with E-state index in [1.165, 1.54) is 0 Å². The Labute approximate surface area is 125 Å². The molecule has 2 aromatic rings. The Hall–Kier alpha value is -2.29. The quantitative estimate of drug-likeness (QED) is 0.877. The minimum atomic E-state index is -0.810. The number of carboxylic acids is 1. The first-order valence-corrected chi connectivity index (χ1v) is 7.03. The van der Waals surface area contributed by atoms with E-state index in [0.717, 1.165) is 23.1 Å². The van der Waals surface area contributed by atoms with E-state index in [4.69, 9.17) is 4.74 Å². The van der Waals surface area contributed by atoms with E-state index in [-0.39, 0.29) is 0 Å². The van der Waals surface area contributed by atoms with Crippen molar-refractivity contribution in [3.8, 4) is 5.75 Å². The molecule has 0 saturated heterocycles. The van der Waals surface area contributed by atoms with Gasteiger partial charge in [-0.25, -0.2) is 0 Å². The highest BCUT2D eigenvalue weighted by atomic mass is 16.5. The molecule has 110 valence electrons. The number of benzene rings is 2. The number of hydrogen-bond acceptors (Lipinski definition) is 2. The van der Waals surface area contributed by atoms with E-state index >= 15 is 0 Å². The molecule has 2 aromatic carbocycles. The summed E-state index contributed by atoms with van der Waals surface area (Å²) < 4.78 is 5.32. The third kappa shape index (κ3) is 3.85. The zero-order valence-electron chi connectivity index (χ0n) is 12.4. The number of carboxylic acid groups (broad SMARTS) is 1. The smallest absolute Gasteiger partial charge is 0.311 e. The average molecular weight is 284 g/mol. The lowest BCUT2D eigenvalue weighted by Gasteiger charge is -2.17. The maximum Gasteiger partial charge on any atom is 0.311 e.